The Morgan fingerprint density at radius 3 is 2.72 bits per heavy atom. The predicted molar refractivity (Wildman–Crippen MR) is 115 cm³/mol. The number of thiazole rings is 1. The van der Waals surface area contributed by atoms with Gasteiger partial charge in [-0.05, 0) is 49.2 Å². The van der Waals surface area contributed by atoms with Crippen molar-refractivity contribution in [1.82, 2.24) is 9.88 Å². The molecule has 6 nitrogen and oxygen atoms in total. The van der Waals surface area contributed by atoms with Crippen LogP contribution in [-0.4, -0.2) is 40.0 Å². The topological polar surface area (TPSA) is 65.9 Å². The maximum absolute atomic E-state index is 14.2. The van der Waals surface area contributed by atoms with E-state index in [1.807, 2.05) is 0 Å². The molecule has 0 atom stereocenters. The van der Waals surface area contributed by atoms with Gasteiger partial charge in [-0.1, -0.05) is 12.1 Å². The Morgan fingerprint density at radius 2 is 2.00 bits per heavy atom. The van der Waals surface area contributed by atoms with Crippen molar-refractivity contribution in [3.8, 4) is 0 Å². The fourth-order valence-electron chi connectivity index (χ4n) is 3.24. The number of aliphatic imine (C=N–C) groups is 1. The maximum Gasteiger partial charge on any atom is 0.286 e. The highest BCUT2D eigenvalue weighted by atomic mass is 32.2. The molecule has 2 aliphatic heterocycles. The average Bonchev–Trinajstić information content (AvgIpc) is 3.31. The summed E-state index contributed by atoms with van der Waals surface area (Å²) in [5.74, 6) is -1.12. The lowest BCUT2D eigenvalue weighted by Crippen LogP contribution is -2.33. The van der Waals surface area contributed by atoms with Gasteiger partial charge >= 0.3 is 0 Å². The van der Waals surface area contributed by atoms with Crippen LogP contribution in [0.1, 0.15) is 31.9 Å². The quantitative estimate of drug-likeness (QED) is 0.675. The van der Waals surface area contributed by atoms with Gasteiger partial charge in [-0.15, -0.1) is 11.3 Å². The van der Waals surface area contributed by atoms with Gasteiger partial charge in [-0.3, -0.25) is 14.5 Å². The second kappa shape index (κ2) is 8.46. The molecule has 4 rings (SSSR count). The molecule has 1 aromatic heterocycles. The molecule has 0 saturated carbocycles. The number of amidine groups is 1. The van der Waals surface area contributed by atoms with Gasteiger partial charge in [-0.2, -0.15) is 4.99 Å². The average molecular weight is 431 g/mol. The molecule has 9 heteroatoms. The van der Waals surface area contributed by atoms with Crippen LogP contribution < -0.4 is 4.90 Å². The molecule has 1 saturated heterocycles. The van der Waals surface area contributed by atoms with Crippen LogP contribution in [0.2, 0.25) is 0 Å². The first-order valence-electron chi connectivity index (χ1n) is 9.31. The SMILES string of the molecule is CC(=O)N(c1nc(/C=C2\SC(N3CCCCC3)=NC2=O)cs1)c1ccccc1F. The molecule has 1 aromatic carbocycles. The van der Waals surface area contributed by atoms with Crippen molar-refractivity contribution in [2.75, 3.05) is 18.0 Å². The number of para-hydroxylation sites is 1. The van der Waals surface area contributed by atoms with Crippen LogP contribution in [0.5, 0.6) is 0 Å². The number of hydrogen-bond acceptors (Lipinski definition) is 6. The normalized spacial score (nSPS) is 18.3. The number of hydrogen-bond donors (Lipinski definition) is 0. The molecule has 0 spiro atoms. The minimum absolute atomic E-state index is 0.149. The number of aromatic nitrogens is 1. The number of amides is 2. The van der Waals surface area contributed by atoms with E-state index in [0.717, 1.165) is 31.1 Å². The molecular formula is C20H19FN4O2S2. The number of benzene rings is 1. The first-order chi connectivity index (χ1) is 14.0. The Labute approximate surface area is 176 Å². The highest BCUT2D eigenvalue weighted by molar-refractivity contribution is 8.18. The summed E-state index contributed by atoms with van der Waals surface area (Å²) in [6.07, 6.45) is 5.10. The highest BCUT2D eigenvalue weighted by Crippen LogP contribution is 2.34. The van der Waals surface area contributed by atoms with Crippen LogP contribution in [0.15, 0.2) is 39.5 Å². The number of rotatable bonds is 3. The van der Waals surface area contributed by atoms with Gasteiger partial charge in [0.15, 0.2) is 10.3 Å². The molecule has 0 unspecified atom stereocenters. The number of carbonyl (C=O) groups is 2. The first kappa shape index (κ1) is 19.8. The van der Waals surface area contributed by atoms with E-state index in [2.05, 4.69) is 14.9 Å². The third kappa shape index (κ3) is 4.25. The number of likely N-dealkylation sites (tertiary alicyclic amines) is 1. The minimum atomic E-state index is -0.501. The summed E-state index contributed by atoms with van der Waals surface area (Å²) in [6, 6.07) is 6.07. The Morgan fingerprint density at radius 1 is 1.24 bits per heavy atom. The molecule has 2 amide bonds. The minimum Gasteiger partial charge on any atom is -0.351 e. The highest BCUT2D eigenvalue weighted by Gasteiger charge is 2.27. The number of piperidine rings is 1. The zero-order chi connectivity index (χ0) is 20.4. The predicted octanol–water partition coefficient (Wildman–Crippen LogP) is 4.42. The Bertz CT molecular complexity index is 1010. The van der Waals surface area contributed by atoms with E-state index in [1.165, 1.54) is 53.5 Å². The Balaban J connectivity index is 1.55. The van der Waals surface area contributed by atoms with Crippen molar-refractivity contribution in [2.45, 2.75) is 26.2 Å². The van der Waals surface area contributed by atoms with E-state index in [9.17, 15) is 14.0 Å². The second-order valence-corrected chi connectivity index (χ2v) is 8.56. The summed E-state index contributed by atoms with van der Waals surface area (Å²) in [7, 11) is 0. The zero-order valence-electron chi connectivity index (χ0n) is 15.8. The molecule has 150 valence electrons. The van der Waals surface area contributed by atoms with Crippen molar-refractivity contribution in [1.29, 1.82) is 0 Å². The van der Waals surface area contributed by atoms with Crippen LogP contribution in [0.3, 0.4) is 0 Å². The van der Waals surface area contributed by atoms with Crippen LogP contribution in [0.25, 0.3) is 6.08 Å². The third-order valence-electron chi connectivity index (χ3n) is 4.62. The molecule has 2 aromatic rings. The molecule has 0 N–H and O–H groups in total. The molecule has 0 aliphatic carbocycles. The molecule has 0 radical (unpaired) electrons. The summed E-state index contributed by atoms with van der Waals surface area (Å²) in [5.41, 5.74) is 0.689. The number of thioether (sulfide) groups is 1. The maximum atomic E-state index is 14.2. The van der Waals surface area contributed by atoms with Gasteiger partial charge in [0, 0.05) is 25.4 Å². The fourth-order valence-corrected chi connectivity index (χ4v) is 5.03. The smallest absolute Gasteiger partial charge is 0.286 e. The van der Waals surface area contributed by atoms with Crippen LogP contribution >= 0.6 is 23.1 Å². The number of halogens is 1. The van der Waals surface area contributed by atoms with E-state index >= 15 is 0 Å². The van der Waals surface area contributed by atoms with Crippen molar-refractivity contribution in [2.24, 2.45) is 4.99 Å². The Hall–Kier alpha value is -2.52. The van der Waals surface area contributed by atoms with Crippen LogP contribution in [-0.2, 0) is 9.59 Å². The van der Waals surface area contributed by atoms with Crippen molar-refractivity contribution >= 4 is 57.0 Å². The third-order valence-corrected chi connectivity index (χ3v) is 6.51. The van der Waals surface area contributed by atoms with Crippen molar-refractivity contribution in [3.05, 3.63) is 46.1 Å². The summed E-state index contributed by atoms with van der Waals surface area (Å²) in [6.45, 7) is 3.20. The van der Waals surface area contributed by atoms with Crippen molar-refractivity contribution in [3.63, 3.8) is 0 Å². The van der Waals surface area contributed by atoms with E-state index in [1.54, 1.807) is 23.6 Å². The lowest BCUT2D eigenvalue weighted by molar-refractivity contribution is -0.116. The largest absolute Gasteiger partial charge is 0.351 e. The van der Waals surface area contributed by atoms with Gasteiger partial charge in [0.25, 0.3) is 5.91 Å². The summed E-state index contributed by atoms with van der Waals surface area (Å²) in [5, 5.41) is 2.83. The molecular weight excluding hydrogens is 411 g/mol. The van der Waals surface area contributed by atoms with E-state index < -0.39 is 5.82 Å². The fraction of sp³-hybridized carbons (Fsp3) is 0.300. The lowest BCUT2D eigenvalue weighted by Gasteiger charge is -2.27. The van der Waals surface area contributed by atoms with Gasteiger partial charge in [-0.25, -0.2) is 9.37 Å². The second-order valence-electron chi connectivity index (χ2n) is 6.72. The zero-order valence-corrected chi connectivity index (χ0v) is 17.4. The summed E-state index contributed by atoms with van der Waals surface area (Å²) in [4.78, 5) is 37.0. The van der Waals surface area contributed by atoms with Crippen LogP contribution in [0.4, 0.5) is 15.2 Å². The monoisotopic (exact) mass is 430 g/mol. The standard InChI is InChI=1S/C20H19FN4O2S2/c1-13(26)25(16-8-4-3-7-15(16)21)20-22-14(12-28-20)11-17-18(27)23-19(29-17)24-9-5-2-6-10-24/h3-4,7-8,11-12H,2,5-6,9-10H2,1H3/b17-11-. The lowest BCUT2D eigenvalue weighted by atomic mass is 10.1. The molecule has 0 bridgehead atoms. The Kier molecular flexibility index (Phi) is 5.77. The van der Waals surface area contributed by atoms with Gasteiger partial charge < -0.3 is 4.90 Å². The number of anilines is 2. The van der Waals surface area contributed by atoms with Gasteiger partial charge in [0.05, 0.1) is 16.3 Å². The summed E-state index contributed by atoms with van der Waals surface area (Å²) >= 11 is 2.57. The van der Waals surface area contributed by atoms with Gasteiger partial charge in [0.1, 0.15) is 5.82 Å². The molecule has 2 aliphatic rings. The summed E-state index contributed by atoms with van der Waals surface area (Å²) < 4.78 is 14.2. The molecule has 1 fully saturated rings. The van der Waals surface area contributed by atoms with Crippen LogP contribution in [0, 0.1) is 5.82 Å². The molecule has 3 heterocycles. The number of carbonyl (C=O) groups excluding carboxylic acids is 2. The van der Waals surface area contributed by atoms with E-state index in [-0.39, 0.29) is 17.5 Å². The first-order valence-corrected chi connectivity index (χ1v) is 11.0. The van der Waals surface area contributed by atoms with Gasteiger partial charge in [0.2, 0.25) is 5.91 Å². The van der Waals surface area contributed by atoms with Crippen molar-refractivity contribution < 1.29 is 14.0 Å². The van der Waals surface area contributed by atoms with E-state index in [0.29, 0.717) is 15.7 Å². The van der Waals surface area contributed by atoms with E-state index in [4.69, 9.17) is 0 Å². The number of nitrogens with zero attached hydrogens (tertiary/aromatic N) is 4. The molecule has 29 heavy (non-hydrogen) atoms.